The van der Waals surface area contributed by atoms with Gasteiger partial charge in [-0.25, -0.2) is 9.67 Å². The number of benzene rings is 4. The fraction of sp³-hybridized carbons (Fsp3) is 0.0625. The van der Waals surface area contributed by atoms with Crippen molar-refractivity contribution in [1.29, 1.82) is 0 Å². The Morgan fingerprint density at radius 3 is 2.30 bits per heavy atom. The molecule has 11 nitrogen and oxygen atoms in total. The molecule has 0 aliphatic carbocycles. The summed E-state index contributed by atoms with van der Waals surface area (Å²) in [4.78, 5) is 34.0. The van der Waals surface area contributed by atoms with E-state index >= 15 is 0 Å². The predicted octanol–water partition coefficient (Wildman–Crippen LogP) is 9.52. The van der Waals surface area contributed by atoms with Crippen molar-refractivity contribution in [3.8, 4) is 68.0 Å². The highest BCUT2D eigenvalue weighted by Crippen LogP contribution is 2.39. The Morgan fingerprint density at radius 2 is 1.50 bits per heavy atom. The summed E-state index contributed by atoms with van der Waals surface area (Å²) in [5.41, 5.74) is 16.6. The Hall–Kier alpha value is -7.83. The van der Waals surface area contributed by atoms with Crippen molar-refractivity contribution in [2.75, 3.05) is 6.79 Å². The third-order valence-electron chi connectivity index (χ3n) is 9.95. The highest BCUT2D eigenvalue weighted by atomic mass is 32.1. The Morgan fingerprint density at radius 1 is 0.733 bits per heavy atom. The first-order valence-electron chi connectivity index (χ1n) is 19.1. The minimum Gasteiger partial charge on any atom is -0.454 e. The third-order valence-corrected chi connectivity index (χ3v) is 10.3. The smallest absolute Gasteiger partial charge is 0.248 e. The molecule has 3 N–H and O–H groups in total. The van der Waals surface area contributed by atoms with Crippen LogP contribution in [0.25, 0.3) is 67.5 Å². The van der Waals surface area contributed by atoms with Gasteiger partial charge in [0.25, 0.3) is 0 Å². The maximum absolute atomic E-state index is 11.3. The maximum atomic E-state index is 11.3. The van der Waals surface area contributed by atoms with Crippen LogP contribution >= 0.6 is 12.2 Å². The number of pyridine rings is 3. The zero-order valence-electron chi connectivity index (χ0n) is 32.3. The molecule has 0 bridgehead atoms. The summed E-state index contributed by atoms with van der Waals surface area (Å²) in [6.07, 6.45) is 6.24. The standard InChI is InChI=1S/C26H20N4S.C22H16N4O3/c1-18-8-7-13-24(28-18)26-22(20-14-15-27-23-12-6-5-11-21(20)23)17-30(29-26)25(31)16-19-9-3-2-4-10-19;23-21(27)13-4-6-14(7-5-13)22-25-19(20(26-22)16-3-1-2-10-24-16)15-8-9-17-18(11-15)29-12-28-17/h2-15,17H,16H2,1H3;1-11H,12H2,(H2,23,27)(H,25,26). The van der Waals surface area contributed by atoms with Crippen LogP contribution in [-0.4, -0.2) is 52.4 Å². The number of aromatic amines is 1. The first-order valence-corrected chi connectivity index (χ1v) is 19.6. The highest BCUT2D eigenvalue weighted by molar-refractivity contribution is 7.80. The van der Waals surface area contributed by atoms with Gasteiger partial charge in [0.2, 0.25) is 12.7 Å². The number of para-hydroxylation sites is 1. The normalized spacial score (nSPS) is 11.6. The maximum Gasteiger partial charge on any atom is 0.248 e. The molecular weight excluding hydrogens is 769 g/mol. The number of imidazole rings is 1. The van der Waals surface area contributed by atoms with Crippen LogP contribution in [0.1, 0.15) is 21.6 Å². The van der Waals surface area contributed by atoms with Crippen LogP contribution in [0.5, 0.6) is 11.5 Å². The number of rotatable bonds is 8. The van der Waals surface area contributed by atoms with Crippen molar-refractivity contribution in [3.63, 3.8) is 0 Å². The Kier molecular flexibility index (Phi) is 10.4. The van der Waals surface area contributed by atoms with E-state index in [2.05, 4.69) is 33.2 Å². The zero-order chi connectivity index (χ0) is 41.0. The molecule has 10 rings (SSSR count). The quantitative estimate of drug-likeness (QED) is 0.143. The van der Waals surface area contributed by atoms with Crippen LogP contribution in [0.4, 0.5) is 0 Å². The van der Waals surface area contributed by atoms with Crippen molar-refractivity contribution >= 4 is 34.0 Å². The molecule has 292 valence electrons. The van der Waals surface area contributed by atoms with Crippen LogP contribution in [0.3, 0.4) is 0 Å². The fourth-order valence-electron chi connectivity index (χ4n) is 7.00. The number of thiocarbonyl (C=S) groups is 1. The van der Waals surface area contributed by atoms with E-state index in [0.717, 1.165) is 77.9 Å². The molecule has 0 saturated heterocycles. The first kappa shape index (κ1) is 37.7. The van der Waals surface area contributed by atoms with Crippen molar-refractivity contribution in [3.05, 3.63) is 175 Å². The van der Waals surface area contributed by atoms with Gasteiger partial charge in [0, 0.05) is 58.3 Å². The Labute approximate surface area is 350 Å². The van der Waals surface area contributed by atoms with Crippen LogP contribution in [0, 0.1) is 6.92 Å². The number of carbonyl (C=O) groups is 1. The lowest BCUT2D eigenvalue weighted by atomic mass is 10.0. The summed E-state index contributed by atoms with van der Waals surface area (Å²) in [6.45, 7) is 2.20. The average molecular weight is 805 g/mol. The van der Waals surface area contributed by atoms with Crippen molar-refractivity contribution in [1.82, 2.24) is 34.7 Å². The largest absolute Gasteiger partial charge is 0.454 e. The van der Waals surface area contributed by atoms with Crippen molar-refractivity contribution < 1.29 is 14.3 Å². The van der Waals surface area contributed by atoms with E-state index in [1.807, 2.05) is 133 Å². The van der Waals surface area contributed by atoms with E-state index in [4.69, 9.17) is 42.5 Å². The lowest BCUT2D eigenvalue weighted by Gasteiger charge is -2.06. The number of nitrogens with two attached hydrogens (primary N) is 1. The lowest BCUT2D eigenvalue weighted by Crippen LogP contribution is -2.12. The summed E-state index contributed by atoms with van der Waals surface area (Å²) in [7, 11) is 0. The van der Waals surface area contributed by atoms with Gasteiger partial charge < -0.3 is 20.2 Å². The zero-order valence-corrected chi connectivity index (χ0v) is 33.1. The van der Waals surface area contributed by atoms with Crippen molar-refractivity contribution in [2.24, 2.45) is 5.73 Å². The van der Waals surface area contributed by atoms with Gasteiger partial charge in [0.15, 0.2) is 11.5 Å². The van der Waals surface area contributed by atoms with E-state index in [9.17, 15) is 4.79 Å². The topological polar surface area (TPSA) is 147 Å². The number of hydrogen-bond donors (Lipinski definition) is 2. The second kappa shape index (κ2) is 16.6. The van der Waals surface area contributed by atoms with Gasteiger partial charge in [-0.2, -0.15) is 5.10 Å². The van der Waals surface area contributed by atoms with Gasteiger partial charge in [0.1, 0.15) is 16.5 Å². The number of hydrogen-bond acceptors (Lipinski definition) is 9. The van der Waals surface area contributed by atoms with Gasteiger partial charge in [-0.1, -0.05) is 85.0 Å². The van der Waals surface area contributed by atoms with E-state index in [1.54, 1.807) is 18.3 Å². The highest BCUT2D eigenvalue weighted by Gasteiger charge is 2.21. The molecule has 0 spiro atoms. The molecule has 0 fully saturated rings. The number of primary amides is 1. The molecule has 0 saturated carbocycles. The molecule has 9 aromatic rings. The molecule has 0 atom stereocenters. The summed E-state index contributed by atoms with van der Waals surface area (Å²) in [5.74, 6) is 1.59. The number of nitrogens with one attached hydrogen (secondary N) is 1. The number of ether oxygens (including phenoxy) is 2. The average Bonchev–Trinajstić information content (AvgIpc) is 4.07. The van der Waals surface area contributed by atoms with Gasteiger partial charge in [-0.05, 0) is 84.8 Å². The minimum atomic E-state index is -0.466. The van der Waals surface area contributed by atoms with Gasteiger partial charge in [-0.15, -0.1) is 0 Å². The molecule has 0 radical (unpaired) electrons. The number of carbonyl (C=O) groups excluding carboxylic acids is 1. The summed E-state index contributed by atoms with van der Waals surface area (Å²) >= 11 is 5.76. The second-order valence-electron chi connectivity index (χ2n) is 14.0. The van der Waals surface area contributed by atoms with E-state index < -0.39 is 5.91 Å². The fourth-order valence-corrected chi connectivity index (χ4v) is 7.26. The number of aromatic nitrogens is 7. The number of fused-ring (bicyclic) bond motifs is 2. The number of nitrogens with zero attached hydrogens (tertiary/aromatic N) is 6. The van der Waals surface area contributed by atoms with E-state index in [-0.39, 0.29) is 6.79 Å². The lowest BCUT2D eigenvalue weighted by molar-refractivity contribution is 0.1000. The van der Waals surface area contributed by atoms with Crippen LogP contribution < -0.4 is 15.2 Å². The number of amides is 1. The van der Waals surface area contributed by atoms with Gasteiger partial charge in [0.05, 0.1) is 28.3 Å². The minimum absolute atomic E-state index is 0.212. The molecule has 12 heteroatoms. The molecule has 1 amide bonds. The molecule has 5 aromatic heterocycles. The molecule has 6 heterocycles. The predicted molar refractivity (Wildman–Crippen MR) is 236 cm³/mol. The molecule has 1 aliphatic heterocycles. The van der Waals surface area contributed by atoms with Gasteiger partial charge in [-0.3, -0.25) is 19.7 Å². The monoisotopic (exact) mass is 804 g/mol. The summed E-state index contributed by atoms with van der Waals surface area (Å²) in [6, 6.07) is 44.8. The molecule has 4 aromatic carbocycles. The van der Waals surface area contributed by atoms with E-state index in [1.165, 1.54) is 0 Å². The van der Waals surface area contributed by atoms with Crippen molar-refractivity contribution in [2.45, 2.75) is 13.3 Å². The second-order valence-corrected chi connectivity index (χ2v) is 14.4. The molecular formula is C48H36N8O3S. The summed E-state index contributed by atoms with van der Waals surface area (Å²) in [5, 5.41) is 5.97. The van der Waals surface area contributed by atoms with Gasteiger partial charge >= 0.3 is 0 Å². The molecule has 0 unspecified atom stereocenters. The SMILES string of the molecule is Cc1cccc(-c2nn(C(=S)Cc3ccccc3)cc2-c2ccnc3ccccc23)n1.NC(=O)c1ccc(-c2nc(-c3ccc4c(c3)OCO4)c(-c3ccccn3)[nH]2)cc1. The molecule has 1 aliphatic rings. The third kappa shape index (κ3) is 7.87. The summed E-state index contributed by atoms with van der Waals surface area (Å²) < 4.78 is 12.7. The Bertz CT molecular complexity index is 3000. The van der Waals surface area contributed by atoms with Crippen LogP contribution in [0.15, 0.2) is 158 Å². The molecule has 60 heavy (non-hydrogen) atoms. The Balaban J connectivity index is 0.000000154. The van der Waals surface area contributed by atoms with E-state index in [0.29, 0.717) is 29.3 Å². The number of H-pyrrole nitrogens is 1. The van der Waals surface area contributed by atoms with Crippen LogP contribution in [0.2, 0.25) is 0 Å². The first-order chi connectivity index (χ1) is 29.4. The van der Waals surface area contributed by atoms with Crippen LogP contribution in [-0.2, 0) is 6.42 Å². The number of aryl methyl sites for hydroxylation is 1.